The largest absolute Gasteiger partial charge is 0.279 e. The highest BCUT2D eigenvalue weighted by Gasteiger charge is 2.08. The number of thiophene rings is 1. The van der Waals surface area contributed by atoms with E-state index in [4.69, 9.17) is 0 Å². The van der Waals surface area contributed by atoms with Gasteiger partial charge >= 0.3 is 0 Å². The fourth-order valence-electron chi connectivity index (χ4n) is 1.33. The maximum Gasteiger partial charge on any atom is 0.279 e. The summed E-state index contributed by atoms with van der Waals surface area (Å²) < 4.78 is 0.859. The van der Waals surface area contributed by atoms with Gasteiger partial charge in [-0.2, -0.15) is 0 Å². The summed E-state index contributed by atoms with van der Waals surface area (Å²) in [5.74, 6) is -0.731. The molecule has 0 spiro atoms. The van der Waals surface area contributed by atoms with Crippen molar-refractivity contribution in [1.82, 2.24) is 10.9 Å². The predicted molar refractivity (Wildman–Crippen MR) is 89.1 cm³/mol. The summed E-state index contributed by atoms with van der Waals surface area (Å²) in [5.41, 5.74) is 4.68. The highest BCUT2D eigenvalue weighted by atomic mass is 79.9. The van der Waals surface area contributed by atoms with Crippen LogP contribution in [0.3, 0.4) is 0 Å². The first-order valence-corrected chi connectivity index (χ1v) is 8.38. The molecule has 0 saturated carbocycles. The normalized spacial score (nSPS) is 10.5. The van der Waals surface area contributed by atoms with Crippen molar-refractivity contribution < 1.29 is 9.59 Å². The quantitative estimate of drug-likeness (QED) is 0.482. The molecule has 1 aromatic heterocycles. The molecule has 0 aliphatic rings. The second kappa shape index (κ2) is 8.02. The Balaban J connectivity index is 1.76. The number of carbonyl (C=O) groups excluding carboxylic acids is 2. The number of carbonyl (C=O) groups is 2. The van der Waals surface area contributed by atoms with Gasteiger partial charge < -0.3 is 0 Å². The van der Waals surface area contributed by atoms with Crippen LogP contribution in [0, 0.1) is 0 Å². The van der Waals surface area contributed by atoms with Gasteiger partial charge in [-0.15, -0.1) is 11.3 Å². The Morgan fingerprint density at radius 2 is 1.86 bits per heavy atom. The van der Waals surface area contributed by atoms with Gasteiger partial charge in [0.15, 0.2) is 0 Å². The Hall–Kier alpha value is -1.57. The molecule has 0 aliphatic carbocycles. The van der Waals surface area contributed by atoms with E-state index in [1.54, 1.807) is 17.5 Å². The van der Waals surface area contributed by atoms with Gasteiger partial charge in [0, 0.05) is 11.0 Å². The fourth-order valence-corrected chi connectivity index (χ4v) is 3.28. The monoisotopic (exact) mass is 382 g/mol. The summed E-state index contributed by atoms with van der Waals surface area (Å²) >= 11 is 5.99. The lowest BCUT2D eigenvalue weighted by atomic mass is 10.4. The Labute approximate surface area is 138 Å². The van der Waals surface area contributed by atoms with Crippen LogP contribution in [0.2, 0.25) is 0 Å². The summed E-state index contributed by atoms with van der Waals surface area (Å²) in [7, 11) is 0. The Morgan fingerprint density at radius 3 is 2.52 bits per heavy atom. The van der Waals surface area contributed by atoms with Crippen LogP contribution < -0.4 is 10.9 Å². The first-order chi connectivity index (χ1) is 10.1. The molecular weight excluding hydrogens is 372 g/mol. The van der Waals surface area contributed by atoms with E-state index in [1.807, 2.05) is 30.3 Å². The molecule has 2 N–H and O–H groups in total. The van der Waals surface area contributed by atoms with E-state index in [9.17, 15) is 9.59 Å². The molecule has 2 amide bonds. The third-order valence-electron chi connectivity index (χ3n) is 2.26. The summed E-state index contributed by atoms with van der Waals surface area (Å²) in [6.45, 7) is 0. The number of hydrogen-bond donors (Lipinski definition) is 2. The van der Waals surface area contributed by atoms with Gasteiger partial charge in [-0.3, -0.25) is 20.4 Å². The van der Waals surface area contributed by atoms with Crippen molar-refractivity contribution in [1.29, 1.82) is 0 Å². The van der Waals surface area contributed by atoms with Crippen LogP contribution in [-0.2, 0) is 4.79 Å². The molecule has 0 bridgehead atoms. The molecule has 0 unspecified atom stereocenters. The highest BCUT2D eigenvalue weighted by Crippen LogP contribution is 2.21. The smallest absolute Gasteiger partial charge is 0.268 e. The van der Waals surface area contributed by atoms with E-state index in [2.05, 4.69) is 26.8 Å². The lowest BCUT2D eigenvalue weighted by Gasteiger charge is -2.02. The minimum atomic E-state index is -0.387. The number of thioether (sulfide) groups is 1. The zero-order chi connectivity index (χ0) is 15.1. The van der Waals surface area contributed by atoms with E-state index in [0.29, 0.717) is 4.88 Å². The molecule has 0 saturated heterocycles. The zero-order valence-electron chi connectivity index (χ0n) is 10.7. The number of rotatable bonds is 4. The van der Waals surface area contributed by atoms with E-state index in [-0.39, 0.29) is 11.8 Å². The lowest BCUT2D eigenvalue weighted by Crippen LogP contribution is -2.40. The van der Waals surface area contributed by atoms with Crippen molar-refractivity contribution in [2.24, 2.45) is 0 Å². The number of nitrogens with one attached hydrogen (secondary N) is 2. The van der Waals surface area contributed by atoms with Gasteiger partial charge in [-0.05, 0) is 45.6 Å². The first-order valence-electron chi connectivity index (χ1n) is 5.89. The number of hydrazine groups is 1. The van der Waals surface area contributed by atoms with E-state index in [1.165, 1.54) is 29.2 Å². The van der Waals surface area contributed by atoms with E-state index < -0.39 is 0 Å². The topological polar surface area (TPSA) is 58.2 Å². The Morgan fingerprint density at radius 1 is 1.10 bits per heavy atom. The maximum absolute atomic E-state index is 11.7. The minimum absolute atomic E-state index is 0.344. The molecule has 0 fully saturated rings. The van der Waals surface area contributed by atoms with Crippen LogP contribution in [0.25, 0.3) is 0 Å². The van der Waals surface area contributed by atoms with Crippen LogP contribution in [0.1, 0.15) is 9.67 Å². The van der Waals surface area contributed by atoms with Crippen molar-refractivity contribution in [2.75, 3.05) is 0 Å². The molecular formula is C14H11BrN2O2S2. The van der Waals surface area contributed by atoms with Crippen molar-refractivity contribution >= 4 is 50.8 Å². The van der Waals surface area contributed by atoms with Gasteiger partial charge in [0.1, 0.15) is 0 Å². The third-order valence-corrected chi connectivity index (χ3v) is 4.70. The summed E-state index contributed by atoms with van der Waals surface area (Å²) in [4.78, 5) is 24.8. The van der Waals surface area contributed by atoms with Crippen LogP contribution >= 0.6 is 39.0 Å². The molecule has 0 atom stereocenters. The summed E-state index contributed by atoms with van der Waals surface area (Å²) in [6, 6.07) is 13.1. The molecule has 108 valence electrons. The third kappa shape index (κ3) is 5.37. The van der Waals surface area contributed by atoms with Gasteiger partial charge in [-0.1, -0.05) is 30.0 Å². The highest BCUT2D eigenvalue weighted by molar-refractivity contribution is 9.11. The molecule has 1 heterocycles. The fraction of sp³-hybridized carbons (Fsp3) is 0. The molecule has 0 aliphatic heterocycles. The van der Waals surface area contributed by atoms with Crippen LogP contribution in [0.4, 0.5) is 0 Å². The average molecular weight is 383 g/mol. The molecule has 0 radical (unpaired) electrons. The molecule has 21 heavy (non-hydrogen) atoms. The van der Waals surface area contributed by atoms with Gasteiger partial charge in [0.2, 0.25) is 0 Å². The minimum Gasteiger partial charge on any atom is -0.268 e. The van der Waals surface area contributed by atoms with Crippen LogP contribution in [-0.4, -0.2) is 11.8 Å². The Bertz CT molecular complexity index is 656. The van der Waals surface area contributed by atoms with Gasteiger partial charge in [0.05, 0.1) is 8.66 Å². The van der Waals surface area contributed by atoms with Crippen molar-refractivity contribution in [2.45, 2.75) is 4.90 Å². The molecule has 7 heteroatoms. The number of amides is 2. The summed E-state index contributed by atoms with van der Waals surface area (Å²) in [5, 5.41) is 1.67. The van der Waals surface area contributed by atoms with Gasteiger partial charge in [0.25, 0.3) is 11.8 Å². The van der Waals surface area contributed by atoms with Crippen LogP contribution in [0.15, 0.2) is 62.6 Å². The lowest BCUT2D eigenvalue weighted by molar-refractivity contribution is -0.117. The maximum atomic E-state index is 11.7. The van der Waals surface area contributed by atoms with Crippen molar-refractivity contribution in [3.63, 3.8) is 0 Å². The van der Waals surface area contributed by atoms with Crippen molar-refractivity contribution in [3.05, 3.63) is 62.6 Å². The van der Waals surface area contributed by atoms with Crippen molar-refractivity contribution in [3.8, 4) is 0 Å². The second-order valence-electron chi connectivity index (χ2n) is 3.78. The van der Waals surface area contributed by atoms with E-state index >= 15 is 0 Å². The number of benzene rings is 1. The zero-order valence-corrected chi connectivity index (χ0v) is 13.9. The number of hydrogen-bond acceptors (Lipinski definition) is 4. The average Bonchev–Trinajstić information content (AvgIpc) is 2.92. The molecule has 2 aromatic rings. The summed E-state index contributed by atoms with van der Waals surface area (Å²) in [6.07, 6.45) is 1.36. The predicted octanol–water partition coefficient (Wildman–Crippen LogP) is 3.58. The van der Waals surface area contributed by atoms with Gasteiger partial charge in [-0.25, -0.2) is 0 Å². The Kier molecular flexibility index (Phi) is 6.04. The number of halogens is 1. The standard InChI is InChI=1S/C14H11BrN2O2S2/c15-12-7-6-11(21-12)14(19)17-16-13(18)8-9-20-10-4-2-1-3-5-10/h1-9H,(H,16,18)(H,17,19)/b9-8+. The van der Waals surface area contributed by atoms with Crippen LogP contribution in [0.5, 0.6) is 0 Å². The SMILES string of the molecule is O=C(/C=C/Sc1ccccc1)NNC(=O)c1ccc(Br)s1. The second-order valence-corrected chi connectivity index (χ2v) is 7.22. The molecule has 2 rings (SSSR count). The molecule has 1 aromatic carbocycles. The molecule has 4 nitrogen and oxygen atoms in total. The van der Waals surface area contributed by atoms with E-state index in [0.717, 1.165) is 8.68 Å². The first kappa shape index (κ1) is 15.8.